The van der Waals surface area contributed by atoms with E-state index in [0.717, 1.165) is 30.4 Å². The van der Waals surface area contributed by atoms with Gasteiger partial charge in [-0.1, -0.05) is 74.7 Å². The number of carboxylic acids is 1. The number of carbonyl (C=O) groups excluding carboxylic acids is 2. The maximum Gasteiger partial charge on any atom is 0.407 e. The highest BCUT2D eigenvalue weighted by Crippen LogP contribution is 2.44. The molecule has 2 aliphatic carbocycles. The lowest BCUT2D eigenvalue weighted by molar-refractivity contribution is -0.138. The van der Waals surface area contributed by atoms with Crippen LogP contribution in [-0.4, -0.2) is 41.8 Å². The van der Waals surface area contributed by atoms with Gasteiger partial charge in [0.2, 0.25) is 5.91 Å². The fraction of sp³-hybridized carbons (Fsp3) is 0.464. The Hall–Kier alpha value is -3.35. The molecular formula is C28H34N2O5. The normalized spacial score (nSPS) is 19.5. The molecule has 3 atom stereocenters. The van der Waals surface area contributed by atoms with Gasteiger partial charge in [-0.25, -0.2) is 4.79 Å². The van der Waals surface area contributed by atoms with Crippen LogP contribution in [0, 0.1) is 5.92 Å². The number of alkyl carbamates (subject to hydrolysis) is 1. The van der Waals surface area contributed by atoms with Gasteiger partial charge in [0.25, 0.3) is 0 Å². The average Bonchev–Trinajstić information content (AvgIpc) is 3.43. The first kappa shape index (κ1) is 24.8. The molecule has 1 saturated carbocycles. The SMILES string of the molecule is CCCCC(CC(=O)O)NC(=O)C1CCCC1NC(=O)OCC1c2ccccc2-c2ccccc21. The molecule has 7 heteroatoms. The Kier molecular flexibility index (Phi) is 8.06. The third-order valence-electron chi connectivity index (χ3n) is 7.17. The third kappa shape index (κ3) is 5.84. The van der Waals surface area contributed by atoms with Crippen LogP contribution in [0.1, 0.15) is 68.9 Å². The van der Waals surface area contributed by atoms with E-state index in [4.69, 9.17) is 4.74 Å². The van der Waals surface area contributed by atoms with E-state index in [9.17, 15) is 19.5 Å². The Morgan fingerprint density at radius 3 is 2.31 bits per heavy atom. The fourth-order valence-corrected chi connectivity index (χ4v) is 5.43. The Morgan fingerprint density at radius 1 is 1.03 bits per heavy atom. The smallest absolute Gasteiger partial charge is 0.407 e. The molecule has 0 spiro atoms. The molecule has 3 unspecified atom stereocenters. The molecule has 0 heterocycles. The molecule has 0 bridgehead atoms. The largest absolute Gasteiger partial charge is 0.481 e. The number of hydrogen-bond acceptors (Lipinski definition) is 4. The zero-order valence-electron chi connectivity index (χ0n) is 20.2. The summed E-state index contributed by atoms with van der Waals surface area (Å²) in [4.78, 5) is 36.8. The summed E-state index contributed by atoms with van der Waals surface area (Å²) in [6.07, 6.45) is 3.98. The Labute approximate surface area is 206 Å². The summed E-state index contributed by atoms with van der Waals surface area (Å²) in [5, 5.41) is 15.0. The molecule has 0 saturated heterocycles. The summed E-state index contributed by atoms with van der Waals surface area (Å²) >= 11 is 0. The molecule has 186 valence electrons. The van der Waals surface area contributed by atoms with Crippen molar-refractivity contribution in [3.8, 4) is 11.1 Å². The number of ether oxygens (including phenoxy) is 1. The van der Waals surface area contributed by atoms with Crippen molar-refractivity contribution < 1.29 is 24.2 Å². The van der Waals surface area contributed by atoms with Crippen molar-refractivity contribution in [2.75, 3.05) is 6.61 Å². The molecule has 7 nitrogen and oxygen atoms in total. The number of carbonyl (C=O) groups is 3. The van der Waals surface area contributed by atoms with Gasteiger partial charge in [0.15, 0.2) is 0 Å². The van der Waals surface area contributed by atoms with Gasteiger partial charge in [-0.05, 0) is 41.5 Å². The molecule has 0 radical (unpaired) electrons. The van der Waals surface area contributed by atoms with E-state index in [-0.39, 0.29) is 36.8 Å². The predicted molar refractivity (Wildman–Crippen MR) is 133 cm³/mol. The van der Waals surface area contributed by atoms with Gasteiger partial charge >= 0.3 is 12.1 Å². The van der Waals surface area contributed by atoms with E-state index in [1.54, 1.807) is 0 Å². The van der Waals surface area contributed by atoms with Gasteiger partial charge < -0.3 is 20.5 Å². The maximum atomic E-state index is 12.9. The number of benzene rings is 2. The second kappa shape index (κ2) is 11.4. The highest BCUT2D eigenvalue weighted by molar-refractivity contribution is 5.82. The van der Waals surface area contributed by atoms with Crippen LogP contribution < -0.4 is 10.6 Å². The lowest BCUT2D eigenvalue weighted by atomic mass is 9.98. The molecule has 2 aromatic carbocycles. The number of carboxylic acid groups (broad SMARTS) is 1. The number of rotatable bonds is 10. The summed E-state index contributed by atoms with van der Waals surface area (Å²) in [6.45, 7) is 2.26. The monoisotopic (exact) mass is 478 g/mol. The fourth-order valence-electron chi connectivity index (χ4n) is 5.43. The van der Waals surface area contributed by atoms with Crippen LogP contribution in [0.25, 0.3) is 11.1 Å². The van der Waals surface area contributed by atoms with E-state index in [1.807, 2.05) is 31.2 Å². The number of fused-ring (bicyclic) bond motifs is 3. The quantitative estimate of drug-likeness (QED) is 0.453. The Morgan fingerprint density at radius 2 is 1.69 bits per heavy atom. The molecule has 0 aromatic heterocycles. The van der Waals surface area contributed by atoms with Crippen molar-refractivity contribution >= 4 is 18.0 Å². The van der Waals surface area contributed by atoms with Gasteiger partial charge in [0, 0.05) is 18.0 Å². The number of nitrogens with one attached hydrogen (secondary N) is 2. The van der Waals surface area contributed by atoms with Gasteiger partial charge in [-0.15, -0.1) is 0 Å². The van der Waals surface area contributed by atoms with Gasteiger partial charge in [-0.2, -0.15) is 0 Å². The first-order valence-corrected chi connectivity index (χ1v) is 12.6. The molecule has 35 heavy (non-hydrogen) atoms. The van der Waals surface area contributed by atoms with Crippen molar-refractivity contribution in [2.24, 2.45) is 5.92 Å². The second-order valence-electron chi connectivity index (χ2n) is 9.56. The molecule has 0 aliphatic heterocycles. The summed E-state index contributed by atoms with van der Waals surface area (Å²) < 4.78 is 5.66. The predicted octanol–water partition coefficient (Wildman–Crippen LogP) is 4.84. The van der Waals surface area contributed by atoms with Gasteiger partial charge in [0.05, 0.1) is 12.3 Å². The highest BCUT2D eigenvalue weighted by Gasteiger charge is 2.36. The van der Waals surface area contributed by atoms with Crippen LogP contribution in [-0.2, 0) is 14.3 Å². The minimum Gasteiger partial charge on any atom is -0.481 e. The van der Waals surface area contributed by atoms with Crippen molar-refractivity contribution in [2.45, 2.75) is 69.9 Å². The molecule has 3 N–H and O–H groups in total. The average molecular weight is 479 g/mol. The van der Waals surface area contributed by atoms with Gasteiger partial charge in [-0.3, -0.25) is 9.59 Å². The maximum absolute atomic E-state index is 12.9. The van der Waals surface area contributed by atoms with Crippen LogP contribution in [0.3, 0.4) is 0 Å². The van der Waals surface area contributed by atoms with E-state index < -0.39 is 18.1 Å². The van der Waals surface area contributed by atoms with Crippen LogP contribution in [0.4, 0.5) is 4.79 Å². The first-order chi connectivity index (χ1) is 17.0. The minimum absolute atomic E-state index is 0.0221. The van der Waals surface area contributed by atoms with Crippen LogP contribution in [0.15, 0.2) is 48.5 Å². The zero-order chi connectivity index (χ0) is 24.8. The molecule has 4 rings (SSSR count). The lowest BCUT2D eigenvalue weighted by Gasteiger charge is -2.24. The summed E-state index contributed by atoms with van der Waals surface area (Å²) in [6, 6.07) is 15.6. The molecule has 2 aromatic rings. The minimum atomic E-state index is -0.925. The van der Waals surface area contributed by atoms with Crippen LogP contribution in [0.5, 0.6) is 0 Å². The lowest BCUT2D eigenvalue weighted by Crippen LogP contribution is -2.47. The zero-order valence-corrected chi connectivity index (χ0v) is 20.2. The number of unbranched alkanes of at least 4 members (excludes halogenated alkanes) is 1. The second-order valence-corrected chi connectivity index (χ2v) is 9.56. The molecule has 2 amide bonds. The van der Waals surface area contributed by atoms with E-state index in [1.165, 1.54) is 11.1 Å². The summed E-state index contributed by atoms with van der Waals surface area (Å²) in [7, 11) is 0. The van der Waals surface area contributed by atoms with Crippen LogP contribution in [0.2, 0.25) is 0 Å². The Balaban J connectivity index is 1.34. The topological polar surface area (TPSA) is 105 Å². The summed E-state index contributed by atoms with van der Waals surface area (Å²) in [5.41, 5.74) is 4.64. The molecule has 1 fully saturated rings. The van der Waals surface area contributed by atoms with E-state index >= 15 is 0 Å². The number of aliphatic carboxylic acids is 1. The van der Waals surface area contributed by atoms with Crippen LogP contribution >= 0.6 is 0 Å². The number of amides is 2. The molecule has 2 aliphatic rings. The Bertz CT molecular complexity index is 1020. The summed E-state index contributed by atoms with van der Waals surface area (Å²) in [5.74, 6) is -1.51. The first-order valence-electron chi connectivity index (χ1n) is 12.6. The van der Waals surface area contributed by atoms with Crippen molar-refractivity contribution in [1.82, 2.24) is 10.6 Å². The standard InChI is InChI=1S/C28H34N2O5/c1-2-3-9-18(16-26(31)32)29-27(33)23-14-8-15-25(23)30-28(34)35-17-24-21-12-6-4-10-19(21)20-11-5-7-13-22(20)24/h4-7,10-13,18,23-25H,2-3,8-9,14-17H2,1H3,(H,29,33)(H,30,34)(H,31,32). The van der Waals surface area contributed by atoms with E-state index in [2.05, 4.69) is 34.9 Å². The van der Waals surface area contributed by atoms with Crippen molar-refractivity contribution in [3.63, 3.8) is 0 Å². The number of hydrogen-bond donors (Lipinski definition) is 3. The third-order valence-corrected chi connectivity index (χ3v) is 7.17. The van der Waals surface area contributed by atoms with Gasteiger partial charge in [0.1, 0.15) is 6.61 Å². The van der Waals surface area contributed by atoms with Crippen molar-refractivity contribution in [3.05, 3.63) is 59.7 Å². The van der Waals surface area contributed by atoms with Crippen molar-refractivity contribution in [1.29, 1.82) is 0 Å². The molecular weight excluding hydrogens is 444 g/mol. The highest BCUT2D eigenvalue weighted by atomic mass is 16.5. The van der Waals surface area contributed by atoms with E-state index in [0.29, 0.717) is 19.3 Å².